The van der Waals surface area contributed by atoms with Crippen molar-refractivity contribution in [1.82, 2.24) is 19.8 Å². The van der Waals surface area contributed by atoms with E-state index in [0.29, 0.717) is 4.34 Å². The molecule has 1 atom stereocenters. The van der Waals surface area contributed by atoms with Crippen LogP contribution in [0.2, 0.25) is 0 Å². The van der Waals surface area contributed by atoms with E-state index in [9.17, 15) is 4.21 Å². The van der Waals surface area contributed by atoms with Crippen LogP contribution in [0.3, 0.4) is 0 Å². The van der Waals surface area contributed by atoms with Gasteiger partial charge in [-0.25, -0.2) is 8.72 Å². The van der Waals surface area contributed by atoms with Crippen molar-refractivity contribution in [2.24, 2.45) is 0 Å². The Bertz CT molecular complexity index is 1010. The standard InChI is InChI=1S/C16H12N4OS2.C2H6/c1-11-7-8-20-14(9-11)13(10-17-20)15-18-19-16(22-15)23(21)12-5-3-2-4-6-12;1-2/h2-10H,1H3;1-2H3. The summed E-state index contributed by atoms with van der Waals surface area (Å²) in [5, 5.41) is 13.4. The first kappa shape index (κ1) is 17.4. The third-order valence-electron chi connectivity index (χ3n) is 3.43. The highest BCUT2D eigenvalue weighted by Crippen LogP contribution is 2.30. The lowest BCUT2D eigenvalue weighted by molar-refractivity contribution is 0.681. The van der Waals surface area contributed by atoms with Crippen LogP contribution in [0, 0.1) is 6.92 Å². The first-order chi connectivity index (χ1) is 12.2. The predicted octanol–water partition coefficient (Wildman–Crippen LogP) is 4.35. The topological polar surface area (TPSA) is 60.1 Å². The Morgan fingerprint density at radius 3 is 2.60 bits per heavy atom. The maximum absolute atomic E-state index is 12.5. The van der Waals surface area contributed by atoms with Crippen molar-refractivity contribution in [1.29, 1.82) is 0 Å². The van der Waals surface area contributed by atoms with Crippen molar-refractivity contribution in [3.63, 3.8) is 0 Å². The Morgan fingerprint density at radius 1 is 1.08 bits per heavy atom. The van der Waals surface area contributed by atoms with Crippen LogP contribution in [0.25, 0.3) is 16.1 Å². The van der Waals surface area contributed by atoms with Gasteiger partial charge >= 0.3 is 0 Å². The zero-order chi connectivity index (χ0) is 17.8. The van der Waals surface area contributed by atoms with E-state index in [4.69, 9.17) is 0 Å². The summed E-state index contributed by atoms with van der Waals surface area (Å²) in [5.41, 5.74) is 3.03. The largest absolute Gasteiger partial charge is 0.247 e. The molecule has 0 fully saturated rings. The summed E-state index contributed by atoms with van der Waals surface area (Å²) >= 11 is 1.34. The van der Waals surface area contributed by atoms with Crippen molar-refractivity contribution in [3.8, 4) is 10.6 Å². The van der Waals surface area contributed by atoms with Gasteiger partial charge in [-0.3, -0.25) is 0 Å². The molecule has 0 aliphatic heterocycles. The van der Waals surface area contributed by atoms with Crippen molar-refractivity contribution in [2.45, 2.75) is 30.0 Å². The third kappa shape index (κ3) is 3.52. The molecule has 25 heavy (non-hydrogen) atoms. The molecule has 1 unspecified atom stereocenters. The number of rotatable bonds is 3. The molecule has 4 aromatic rings. The summed E-state index contributed by atoms with van der Waals surface area (Å²) in [5.74, 6) is 0. The minimum absolute atomic E-state index is 0.498. The normalized spacial score (nSPS) is 11.8. The summed E-state index contributed by atoms with van der Waals surface area (Å²) in [6.07, 6.45) is 3.68. The van der Waals surface area contributed by atoms with Crippen LogP contribution in [0.5, 0.6) is 0 Å². The average molecular weight is 371 g/mol. The van der Waals surface area contributed by atoms with Crippen LogP contribution in [-0.4, -0.2) is 24.0 Å². The van der Waals surface area contributed by atoms with Crippen molar-refractivity contribution in [2.75, 3.05) is 0 Å². The Labute approximate surface area is 152 Å². The summed E-state index contributed by atoms with van der Waals surface area (Å²) in [7, 11) is -1.31. The quantitative estimate of drug-likeness (QED) is 0.538. The second-order valence-corrected chi connectivity index (χ2v) is 7.68. The van der Waals surface area contributed by atoms with Crippen molar-refractivity contribution >= 4 is 27.7 Å². The lowest BCUT2D eigenvalue weighted by Gasteiger charge is -1.97. The Morgan fingerprint density at radius 2 is 1.84 bits per heavy atom. The summed E-state index contributed by atoms with van der Waals surface area (Å²) in [6, 6.07) is 13.3. The smallest absolute Gasteiger partial charge is 0.209 e. The molecule has 3 aromatic heterocycles. The first-order valence-corrected chi connectivity index (χ1v) is 9.94. The summed E-state index contributed by atoms with van der Waals surface area (Å²) in [4.78, 5) is 0.728. The van der Waals surface area contributed by atoms with Crippen molar-refractivity contribution in [3.05, 3.63) is 60.4 Å². The number of aryl methyl sites for hydroxylation is 1. The predicted molar refractivity (Wildman–Crippen MR) is 101 cm³/mol. The van der Waals surface area contributed by atoms with E-state index in [2.05, 4.69) is 21.4 Å². The van der Waals surface area contributed by atoms with Crippen molar-refractivity contribution < 1.29 is 4.21 Å². The third-order valence-corrected chi connectivity index (χ3v) is 5.98. The molecule has 0 N–H and O–H groups in total. The zero-order valence-electron chi connectivity index (χ0n) is 14.2. The number of hydrogen-bond donors (Lipinski definition) is 0. The number of hydrogen-bond acceptors (Lipinski definition) is 5. The molecule has 0 aliphatic rings. The molecule has 4 rings (SSSR count). The molecular formula is C18H18N4OS2. The molecule has 7 heteroatoms. The van der Waals surface area contributed by atoms with E-state index in [1.54, 1.807) is 10.7 Å². The lowest BCUT2D eigenvalue weighted by Crippen LogP contribution is -1.91. The van der Waals surface area contributed by atoms with Crippen LogP contribution in [0.4, 0.5) is 0 Å². The van der Waals surface area contributed by atoms with Crippen LogP contribution in [0.1, 0.15) is 19.4 Å². The van der Waals surface area contributed by atoms with E-state index >= 15 is 0 Å². The van der Waals surface area contributed by atoms with Gasteiger partial charge in [-0.05, 0) is 36.8 Å². The van der Waals surface area contributed by atoms with Crippen LogP contribution in [0.15, 0.2) is 64.1 Å². The summed E-state index contributed by atoms with van der Waals surface area (Å²) in [6.45, 7) is 6.03. The van der Waals surface area contributed by atoms with E-state index in [0.717, 1.165) is 26.5 Å². The molecule has 0 radical (unpaired) electrons. The van der Waals surface area contributed by atoms with Gasteiger partial charge in [0, 0.05) is 11.1 Å². The van der Waals surface area contributed by atoms with Gasteiger partial charge in [0.1, 0.15) is 10.8 Å². The van der Waals surface area contributed by atoms with Gasteiger partial charge in [0.2, 0.25) is 4.34 Å². The SMILES string of the molecule is CC.Cc1ccn2ncc(-c3nnc(S(=O)c4ccccc4)s3)c2c1. The molecule has 0 bridgehead atoms. The van der Waals surface area contributed by atoms with Gasteiger partial charge < -0.3 is 0 Å². The monoisotopic (exact) mass is 370 g/mol. The maximum atomic E-state index is 12.5. The van der Waals surface area contributed by atoms with Gasteiger partial charge in [-0.1, -0.05) is 43.4 Å². The fraction of sp³-hybridized carbons (Fsp3) is 0.167. The molecule has 128 valence electrons. The minimum atomic E-state index is -1.31. The average Bonchev–Trinajstić information content (AvgIpc) is 3.30. The molecule has 1 aromatic carbocycles. The Balaban J connectivity index is 0.000000880. The van der Waals surface area contributed by atoms with Crippen LogP contribution in [-0.2, 0) is 10.8 Å². The van der Waals surface area contributed by atoms with E-state index in [1.165, 1.54) is 11.3 Å². The molecule has 5 nitrogen and oxygen atoms in total. The molecule has 0 saturated heterocycles. The lowest BCUT2D eigenvalue weighted by atomic mass is 10.2. The highest BCUT2D eigenvalue weighted by molar-refractivity contribution is 7.87. The number of benzene rings is 1. The number of nitrogens with zero attached hydrogens (tertiary/aromatic N) is 4. The van der Waals surface area contributed by atoms with E-state index in [-0.39, 0.29) is 0 Å². The fourth-order valence-electron chi connectivity index (χ4n) is 2.29. The maximum Gasteiger partial charge on any atom is 0.209 e. The van der Waals surface area contributed by atoms with E-state index < -0.39 is 10.8 Å². The molecule has 0 aliphatic carbocycles. The number of aromatic nitrogens is 4. The van der Waals surface area contributed by atoms with Gasteiger partial charge in [-0.15, -0.1) is 10.2 Å². The second kappa shape index (κ2) is 7.67. The highest BCUT2D eigenvalue weighted by Gasteiger charge is 2.16. The van der Waals surface area contributed by atoms with Gasteiger partial charge in [0.25, 0.3) is 0 Å². The van der Waals surface area contributed by atoms with Crippen LogP contribution < -0.4 is 0 Å². The van der Waals surface area contributed by atoms with Gasteiger partial charge in [-0.2, -0.15) is 5.10 Å². The molecular weight excluding hydrogens is 352 g/mol. The second-order valence-electron chi connectivity index (χ2n) is 5.05. The number of fused-ring (bicyclic) bond motifs is 1. The zero-order valence-corrected chi connectivity index (χ0v) is 15.8. The Kier molecular flexibility index (Phi) is 5.35. The molecule has 0 amide bonds. The van der Waals surface area contributed by atoms with Gasteiger partial charge in [0.05, 0.1) is 17.3 Å². The molecule has 0 saturated carbocycles. The van der Waals surface area contributed by atoms with Crippen LogP contribution >= 0.6 is 11.3 Å². The first-order valence-electron chi connectivity index (χ1n) is 7.97. The Hall–Kier alpha value is -2.38. The van der Waals surface area contributed by atoms with E-state index in [1.807, 2.05) is 63.4 Å². The summed E-state index contributed by atoms with van der Waals surface area (Å²) < 4.78 is 14.8. The fourth-order valence-corrected chi connectivity index (χ4v) is 4.43. The highest BCUT2D eigenvalue weighted by atomic mass is 32.2. The minimum Gasteiger partial charge on any atom is -0.247 e. The van der Waals surface area contributed by atoms with Gasteiger partial charge in [0.15, 0.2) is 5.01 Å². The molecule has 3 heterocycles. The molecule has 0 spiro atoms. The number of pyridine rings is 1.